The highest BCUT2D eigenvalue weighted by molar-refractivity contribution is 6.01. The average Bonchev–Trinajstić information content (AvgIpc) is 2.12. The van der Waals surface area contributed by atoms with Gasteiger partial charge in [0.25, 0.3) is 0 Å². The molecular formula is C11H12O2. The van der Waals surface area contributed by atoms with Crippen molar-refractivity contribution in [1.82, 2.24) is 0 Å². The van der Waals surface area contributed by atoms with Crippen molar-refractivity contribution in [3.8, 4) is 5.75 Å². The molecule has 0 aromatic heterocycles. The fourth-order valence-corrected chi connectivity index (χ4v) is 1.69. The molecule has 1 aromatic rings. The minimum atomic E-state index is 0.211. The van der Waals surface area contributed by atoms with Gasteiger partial charge in [0, 0.05) is 6.42 Å². The van der Waals surface area contributed by atoms with Crippen LogP contribution in [0.5, 0.6) is 5.75 Å². The number of benzene rings is 1. The Bertz CT molecular complexity index is 367. The molecule has 0 N–H and O–H groups in total. The number of carbonyl (C=O) groups excluding carboxylic acids is 1. The van der Waals surface area contributed by atoms with Crippen molar-refractivity contribution in [3.05, 3.63) is 28.8 Å². The van der Waals surface area contributed by atoms with Gasteiger partial charge < -0.3 is 4.74 Å². The number of carbonyl (C=O) groups is 1. The van der Waals surface area contributed by atoms with E-state index in [1.807, 2.05) is 26.0 Å². The lowest BCUT2D eigenvalue weighted by molar-refractivity contribution is 0.0932. The first-order chi connectivity index (χ1) is 6.20. The van der Waals surface area contributed by atoms with E-state index in [0.717, 1.165) is 22.4 Å². The van der Waals surface area contributed by atoms with Crippen LogP contribution in [0.25, 0.3) is 0 Å². The van der Waals surface area contributed by atoms with Crippen LogP contribution in [0, 0.1) is 13.8 Å². The largest absolute Gasteiger partial charge is 0.492 e. The quantitative estimate of drug-likeness (QED) is 0.606. The maximum Gasteiger partial charge on any atom is 0.170 e. The number of rotatable bonds is 0. The molecule has 0 unspecified atom stereocenters. The highest BCUT2D eigenvalue weighted by Crippen LogP contribution is 2.30. The Morgan fingerprint density at radius 1 is 1.23 bits per heavy atom. The molecule has 0 amide bonds. The topological polar surface area (TPSA) is 26.3 Å². The van der Waals surface area contributed by atoms with Crippen LogP contribution >= 0.6 is 0 Å². The summed E-state index contributed by atoms with van der Waals surface area (Å²) in [5.41, 5.74) is 2.85. The van der Waals surface area contributed by atoms with Gasteiger partial charge >= 0.3 is 0 Å². The lowest BCUT2D eigenvalue weighted by Crippen LogP contribution is -2.17. The predicted molar refractivity (Wildman–Crippen MR) is 50.4 cm³/mol. The summed E-state index contributed by atoms with van der Waals surface area (Å²) in [6, 6.07) is 3.97. The van der Waals surface area contributed by atoms with Crippen molar-refractivity contribution in [1.29, 1.82) is 0 Å². The van der Waals surface area contributed by atoms with Crippen molar-refractivity contribution in [2.24, 2.45) is 0 Å². The van der Waals surface area contributed by atoms with E-state index in [0.29, 0.717) is 13.0 Å². The summed E-state index contributed by atoms with van der Waals surface area (Å²) < 4.78 is 5.48. The Kier molecular flexibility index (Phi) is 1.83. The molecule has 0 radical (unpaired) electrons. The molecule has 1 aromatic carbocycles. The zero-order chi connectivity index (χ0) is 9.42. The van der Waals surface area contributed by atoms with Crippen LogP contribution in [0.3, 0.4) is 0 Å². The maximum atomic E-state index is 11.6. The maximum absolute atomic E-state index is 11.6. The van der Waals surface area contributed by atoms with E-state index in [1.165, 1.54) is 0 Å². The first-order valence-corrected chi connectivity index (χ1v) is 4.46. The normalized spacial score (nSPS) is 15.1. The van der Waals surface area contributed by atoms with E-state index in [2.05, 4.69) is 0 Å². The summed E-state index contributed by atoms with van der Waals surface area (Å²) in [7, 11) is 0. The smallest absolute Gasteiger partial charge is 0.170 e. The predicted octanol–water partition coefficient (Wildman–Crippen LogP) is 2.27. The number of fused-ring (bicyclic) bond motifs is 1. The van der Waals surface area contributed by atoms with Gasteiger partial charge in [-0.3, -0.25) is 4.79 Å². The Labute approximate surface area is 77.5 Å². The van der Waals surface area contributed by atoms with Gasteiger partial charge in [-0.2, -0.15) is 0 Å². The van der Waals surface area contributed by atoms with E-state index in [4.69, 9.17) is 4.74 Å². The van der Waals surface area contributed by atoms with Gasteiger partial charge in [0.2, 0.25) is 0 Å². The molecule has 2 nitrogen and oxygen atoms in total. The van der Waals surface area contributed by atoms with Crippen molar-refractivity contribution in [2.75, 3.05) is 6.61 Å². The Balaban J connectivity index is 2.67. The summed E-state index contributed by atoms with van der Waals surface area (Å²) in [5, 5.41) is 0. The minimum absolute atomic E-state index is 0.211. The molecule has 13 heavy (non-hydrogen) atoms. The highest BCUT2D eigenvalue weighted by atomic mass is 16.5. The molecule has 0 fully saturated rings. The molecule has 0 spiro atoms. The first kappa shape index (κ1) is 8.30. The van der Waals surface area contributed by atoms with E-state index in [-0.39, 0.29) is 5.78 Å². The van der Waals surface area contributed by atoms with Gasteiger partial charge in [0.05, 0.1) is 12.2 Å². The highest BCUT2D eigenvalue weighted by Gasteiger charge is 2.21. The number of aryl methyl sites for hydroxylation is 2. The monoisotopic (exact) mass is 176 g/mol. The third-order valence-corrected chi connectivity index (χ3v) is 2.42. The first-order valence-electron chi connectivity index (χ1n) is 4.46. The van der Waals surface area contributed by atoms with Crippen LogP contribution in [0.2, 0.25) is 0 Å². The summed E-state index contributed by atoms with van der Waals surface area (Å²) in [6.07, 6.45) is 0.511. The molecule has 2 heteroatoms. The van der Waals surface area contributed by atoms with Crippen molar-refractivity contribution in [2.45, 2.75) is 20.3 Å². The second-order valence-electron chi connectivity index (χ2n) is 3.43. The zero-order valence-corrected chi connectivity index (χ0v) is 7.89. The molecule has 0 aliphatic carbocycles. The summed E-state index contributed by atoms with van der Waals surface area (Å²) in [4.78, 5) is 11.6. The third kappa shape index (κ3) is 1.22. The van der Waals surface area contributed by atoms with Gasteiger partial charge in [-0.05, 0) is 25.0 Å². The van der Waals surface area contributed by atoms with Crippen molar-refractivity contribution < 1.29 is 9.53 Å². The van der Waals surface area contributed by atoms with E-state index in [9.17, 15) is 4.79 Å². The van der Waals surface area contributed by atoms with Crippen LogP contribution in [-0.2, 0) is 0 Å². The number of hydrogen-bond donors (Lipinski definition) is 0. The lowest BCUT2D eigenvalue weighted by Gasteiger charge is -2.19. The molecule has 0 atom stereocenters. The fourth-order valence-electron chi connectivity index (χ4n) is 1.69. The Morgan fingerprint density at radius 3 is 2.62 bits per heavy atom. The van der Waals surface area contributed by atoms with E-state index < -0.39 is 0 Å². The summed E-state index contributed by atoms with van der Waals surface area (Å²) in [6.45, 7) is 4.44. The number of hydrogen-bond acceptors (Lipinski definition) is 2. The van der Waals surface area contributed by atoms with Crippen LogP contribution in [0.4, 0.5) is 0 Å². The molecule has 0 saturated heterocycles. The third-order valence-electron chi connectivity index (χ3n) is 2.42. The molecule has 0 bridgehead atoms. The number of ether oxygens (including phenoxy) is 1. The number of Topliss-reactive ketones (excluding diaryl/α,β-unsaturated/α-hetero) is 1. The van der Waals surface area contributed by atoms with Crippen LogP contribution in [0.1, 0.15) is 27.9 Å². The van der Waals surface area contributed by atoms with Gasteiger partial charge in [0.15, 0.2) is 5.78 Å². The fraction of sp³-hybridized carbons (Fsp3) is 0.364. The van der Waals surface area contributed by atoms with Gasteiger partial charge in [-0.1, -0.05) is 12.1 Å². The lowest BCUT2D eigenvalue weighted by atomic mass is 9.97. The molecule has 2 rings (SSSR count). The van der Waals surface area contributed by atoms with Crippen LogP contribution < -0.4 is 4.74 Å². The molecular weight excluding hydrogens is 164 g/mol. The Hall–Kier alpha value is -1.31. The molecule has 1 aliphatic heterocycles. The van der Waals surface area contributed by atoms with E-state index in [1.54, 1.807) is 0 Å². The standard InChI is InChI=1S/C11H12O2/c1-7-3-4-8(2)11-10(7)9(12)5-6-13-11/h3-4H,5-6H2,1-2H3. The average molecular weight is 176 g/mol. The van der Waals surface area contributed by atoms with Crippen LogP contribution in [-0.4, -0.2) is 12.4 Å². The number of ketones is 1. The minimum Gasteiger partial charge on any atom is -0.492 e. The SMILES string of the molecule is Cc1ccc(C)c2c1OCCC2=O. The summed E-state index contributed by atoms with van der Waals surface area (Å²) in [5.74, 6) is 0.999. The van der Waals surface area contributed by atoms with Crippen molar-refractivity contribution >= 4 is 5.78 Å². The van der Waals surface area contributed by atoms with Gasteiger partial charge in [-0.15, -0.1) is 0 Å². The molecule has 68 valence electrons. The van der Waals surface area contributed by atoms with Gasteiger partial charge in [-0.25, -0.2) is 0 Å². The zero-order valence-electron chi connectivity index (χ0n) is 7.89. The van der Waals surface area contributed by atoms with Crippen LogP contribution in [0.15, 0.2) is 12.1 Å². The molecule has 1 heterocycles. The van der Waals surface area contributed by atoms with Gasteiger partial charge in [0.1, 0.15) is 5.75 Å². The molecule has 0 saturated carbocycles. The summed E-state index contributed by atoms with van der Waals surface area (Å²) >= 11 is 0. The molecule has 1 aliphatic rings. The van der Waals surface area contributed by atoms with Crippen molar-refractivity contribution in [3.63, 3.8) is 0 Å². The Morgan fingerprint density at radius 2 is 1.92 bits per heavy atom. The van der Waals surface area contributed by atoms with E-state index >= 15 is 0 Å². The second-order valence-corrected chi connectivity index (χ2v) is 3.43. The second kappa shape index (κ2) is 2.87.